The van der Waals surface area contributed by atoms with Crippen molar-refractivity contribution in [3.05, 3.63) is 60.7 Å². The summed E-state index contributed by atoms with van der Waals surface area (Å²) in [5.41, 5.74) is 2.29. The van der Waals surface area contributed by atoms with E-state index in [1.54, 1.807) is 4.68 Å². The zero-order valence-corrected chi connectivity index (χ0v) is 17.9. The van der Waals surface area contributed by atoms with Gasteiger partial charge in [-0.2, -0.15) is 0 Å². The first-order chi connectivity index (χ1) is 14.8. The molecule has 2 amide bonds. The predicted octanol–water partition coefficient (Wildman–Crippen LogP) is 3.79. The van der Waals surface area contributed by atoms with Crippen LogP contribution in [0.3, 0.4) is 0 Å². The lowest BCUT2D eigenvalue weighted by Gasteiger charge is -2.21. The fourth-order valence-corrected chi connectivity index (χ4v) is 3.51. The van der Waals surface area contributed by atoms with Crippen LogP contribution < -0.4 is 15.4 Å². The molecule has 1 fully saturated rings. The van der Waals surface area contributed by atoms with E-state index in [1.807, 2.05) is 81.4 Å². The van der Waals surface area contributed by atoms with Gasteiger partial charge in [0.1, 0.15) is 11.4 Å². The highest BCUT2D eigenvalue weighted by molar-refractivity contribution is 5.97. The number of rotatable bonds is 5. The van der Waals surface area contributed by atoms with Crippen molar-refractivity contribution >= 4 is 17.6 Å². The second-order valence-electron chi connectivity index (χ2n) is 8.60. The Balaban J connectivity index is 1.69. The minimum absolute atomic E-state index is 0.105. The van der Waals surface area contributed by atoms with E-state index >= 15 is 0 Å². The number of amides is 2. The Morgan fingerprint density at radius 1 is 1.13 bits per heavy atom. The monoisotopic (exact) mass is 418 g/mol. The van der Waals surface area contributed by atoms with Gasteiger partial charge in [0.15, 0.2) is 5.82 Å². The molecule has 1 aliphatic heterocycles. The van der Waals surface area contributed by atoms with Crippen molar-refractivity contribution in [1.29, 1.82) is 0 Å². The predicted molar refractivity (Wildman–Crippen MR) is 119 cm³/mol. The van der Waals surface area contributed by atoms with Crippen LogP contribution >= 0.6 is 0 Å². The molecule has 0 aliphatic carbocycles. The first kappa shape index (κ1) is 20.7. The number of ether oxygens (including phenoxy) is 1. The summed E-state index contributed by atoms with van der Waals surface area (Å²) in [5, 5.41) is 10.2. The molecule has 31 heavy (non-hydrogen) atoms. The Kier molecular flexibility index (Phi) is 5.50. The van der Waals surface area contributed by atoms with E-state index in [2.05, 4.69) is 15.7 Å². The van der Waals surface area contributed by atoms with Crippen LogP contribution in [-0.4, -0.2) is 33.7 Å². The molecule has 1 aromatic heterocycles. The molecule has 7 heteroatoms. The lowest BCUT2D eigenvalue weighted by Crippen LogP contribution is -2.24. The molecule has 0 radical (unpaired) electrons. The summed E-state index contributed by atoms with van der Waals surface area (Å²) in [4.78, 5) is 24.0. The van der Waals surface area contributed by atoms with Crippen LogP contribution in [0.4, 0.5) is 5.82 Å². The van der Waals surface area contributed by atoms with Gasteiger partial charge in [-0.15, -0.1) is 5.10 Å². The molecular formula is C24H26N4O3. The van der Waals surface area contributed by atoms with Gasteiger partial charge in [0.25, 0.3) is 0 Å². The quantitative estimate of drug-likeness (QED) is 0.660. The molecule has 1 saturated heterocycles. The molecule has 7 nitrogen and oxygen atoms in total. The number of nitrogens with zero attached hydrogens (tertiary/aromatic N) is 2. The van der Waals surface area contributed by atoms with Crippen LogP contribution in [0.5, 0.6) is 5.75 Å². The highest BCUT2D eigenvalue weighted by atomic mass is 16.5. The van der Waals surface area contributed by atoms with Crippen molar-refractivity contribution < 1.29 is 14.3 Å². The Morgan fingerprint density at radius 3 is 2.58 bits per heavy atom. The van der Waals surface area contributed by atoms with Gasteiger partial charge in [0, 0.05) is 24.6 Å². The van der Waals surface area contributed by atoms with E-state index in [4.69, 9.17) is 4.74 Å². The molecular weight excluding hydrogens is 392 g/mol. The summed E-state index contributed by atoms with van der Waals surface area (Å²) in [5.74, 6) is 0.484. The molecule has 2 aromatic carbocycles. The van der Waals surface area contributed by atoms with Crippen molar-refractivity contribution in [1.82, 2.24) is 15.1 Å². The van der Waals surface area contributed by atoms with E-state index < -0.39 is 0 Å². The summed E-state index contributed by atoms with van der Waals surface area (Å²) in [6.07, 6.45) is 0.199. The standard InChI is InChI=1S/C24H26N4O3/c1-24(2,3)31-19-11-7-8-16(12-19)20-14-21(26-23(30)17-13-22(29)25-15-17)27-28(20)18-9-5-4-6-10-18/h4-12,14,17H,13,15H2,1-3H3,(H,25,29)(H,26,27,30)/t17-/m0/s1. The maximum absolute atomic E-state index is 12.6. The average molecular weight is 418 g/mol. The van der Waals surface area contributed by atoms with Crippen molar-refractivity contribution in [2.75, 3.05) is 11.9 Å². The van der Waals surface area contributed by atoms with Crippen molar-refractivity contribution in [3.8, 4) is 22.7 Å². The molecule has 3 aromatic rings. The molecule has 1 atom stereocenters. The van der Waals surface area contributed by atoms with Crippen LogP contribution in [-0.2, 0) is 9.59 Å². The highest BCUT2D eigenvalue weighted by Crippen LogP contribution is 2.30. The van der Waals surface area contributed by atoms with Crippen LogP contribution in [0.25, 0.3) is 16.9 Å². The lowest BCUT2D eigenvalue weighted by atomic mass is 10.1. The SMILES string of the molecule is CC(C)(C)Oc1cccc(-c2cc(NC(=O)[C@@H]3CNC(=O)C3)nn2-c2ccccc2)c1. The Labute approximate surface area is 181 Å². The smallest absolute Gasteiger partial charge is 0.230 e. The first-order valence-electron chi connectivity index (χ1n) is 10.3. The van der Waals surface area contributed by atoms with Crippen molar-refractivity contribution in [2.24, 2.45) is 5.92 Å². The first-order valence-corrected chi connectivity index (χ1v) is 10.3. The van der Waals surface area contributed by atoms with E-state index in [1.165, 1.54) is 0 Å². The topological polar surface area (TPSA) is 85.2 Å². The van der Waals surface area contributed by atoms with Gasteiger partial charge in [-0.25, -0.2) is 4.68 Å². The maximum atomic E-state index is 12.6. The van der Waals surface area contributed by atoms with Gasteiger partial charge in [-0.05, 0) is 45.0 Å². The zero-order valence-electron chi connectivity index (χ0n) is 17.9. The Bertz CT molecular complexity index is 1100. The normalized spacial score (nSPS) is 16.1. The molecule has 1 aliphatic rings. The lowest BCUT2D eigenvalue weighted by molar-refractivity contribution is -0.123. The molecule has 0 bridgehead atoms. The number of carbonyl (C=O) groups is 2. The minimum atomic E-state index is -0.388. The average Bonchev–Trinajstić information content (AvgIpc) is 3.34. The Hall–Kier alpha value is -3.61. The number of para-hydroxylation sites is 1. The molecule has 160 valence electrons. The van der Waals surface area contributed by atoms with Gasteiger partial charge < -0.3 is 15.4 Å². The summed E-state index contributed by atoms with van der Waals surface area (Å²) in [6.45, 7) is 6.36. The van der Waals surface area contributed by atoms with Crippen molar-refractivity contribution in [2.45, 2.75) is 32.8 Å². The van der Waals surface area contributed by atoms with Gasteiger partial charge in [0.05, 0.1) is 17.3 Å². The summed E-state index contributed by atoms with van der Waals surface area (Å²) in [7, 11) is 0. The zero-order chi connectivity index (χ0) is 22.0. The van der Waals surface area contributed by atoms with Crippen LogP contribution in [0.15, 0.2) is 60.7 Å². The minimum Gasteiger partial charge on any atom is -0.488 e. The summed E-state index contributed by atoms with van der Waals surface area (Å²) < 4.78 is 7.82. The number of anilines is 1. The molecule has 2 N–H and O–H groups in total. The van der Waals surface area contributed by atoms with E-state index in [9.17, 15) is 9.59 Å². The number of benzene rings is 2. The number of hydrogen-bond acceptors (Lipinski definition) is 4. The highest BCUT2D eigenvalue weighted by Gasteiger charge is 2.28. The molecule has 0 unspecified atom stereocenters. The molecule has 4 rings (SSSR count). The molecule has 0 spiro atoms. The molecule has 0 saturated carbocycles. The Morgan fingerprint density at radius 2 is 1.90 bits per heavy atom. The fraction of sp³-hybridized carbons (Fsp3) is 0.292. The number of aromatic nitrogens is 2. The van der Waals surface area contributed by atoms with Crippen LogP contribution in [0, 0.1) is 5.92 Å². The van der Waals surface area contributed by atoms with Gasteiger partial charge in [-0.1, -0.05) is 30.3 Å². The van der Waals surface area contributed by atoms with Crippen molar-refractivity contribution in [3.63, 3.8) is 0 Å². The fourth-order valence-electron chi connectivity index (χ4n) is 3.51. The summed E-state index contributed by atoms with van der Waals surface area (Å²) >= 11 is 0. The number of carbonyl (C=O) groups excluding carboxylic acids is 2. The van der Waals surface area contributed by atoms with Crippen LogP contribution in [0.2, 0.25) is 0 Å². The van der Waals surface area contributed by atoms with E-state index in [0.717, 1.165) is 22.7 Å². The van der Waals surface area contributed by atoms with Gasteiger partial charge >= 0.3 is 0 Å². The second kappa shape index (κ2) is 8.26. The third kappa shape index (κ3) is 4.94. The molecule has 2 heterocycles. The maximum Gasteiger partial charge on any atom is 0.230 e. The summed E-state index contributed by atoms with van der Waals surface area (Å²) in [6, 6.07) is 19.4. The third-order valence-corrected chi connectivity index (χ3v) is 4.86. The number of nitrogens with one attached hydrogen (secondary N) is 2. The van der Waals surface area contributed by atoms with Gasteiger partial charge in [0.2, 0.25) is 11.8 Å². The largest absolute Gasteiger partial charge is 0.488 e. The third-order valence-electron chi connectivity index (χ3n) is 4.86. The number of hydrogen-bond donors (Lipinski definition) is 2. The van der Waals surface area contributed by atoms with E-state index in [0.29, 0.717) is 12.4 Å². The second-order valence-corrected chi connectivity index (χ2v) is 8.60. The van der Waals surface area contributed by atoms with E-state index in [-0.39, 0.29) is 29.8 Å². The van der Waals surface area contributed by atoms with Gasteiger partial charge in [-0.3, -0.25) is 9.59 Å². The van der Waals surface area contributed by atoms with Crippen LogP contribution in [0.1, 0.15) is 27.2 Å².